The summed E-state index contributed by atoms with van der Waals surface area (Å²) in [6.45, 7) is 1.74. The number of esters is 1. The smallest absolute Gasteiger partial charge is 0.328 e. The summed E-state index contributed by atoms with van der Waals surface area (Å²) in [5, 5.41) is 2.97. The quantitative estimate of drug-likeness (QED) is 0.741. The second-order valence-electron chi connectivity index (χ2n) is 5.52. The number of rotatable bonds is 4. The third-order valence-electron chi connectivity index (χ3n) is 3.69. The van der Waals surface area contributed by atoms with Gasteiger partial charge in [-0.2, -0.15) is 0 Å². The highest BCUT2D eigenvalue weighted by atomic mass is 16.5. The van der Waals surface area contributed by atoms with Crippen LogP contribution in [-0.4, -0.2) is 15.7 Å². The Labute approximate surface area is 137 Å². The number of aromatic amines is 1. The molecule has 0 fully saturated rings. The molecule has 3 rings (SSSR count). The van der Waals surface area contributed by atoms with Gasteiger partial charge in [-0.1, -0.05) is 42.0 Å². The number of carbonyl (C=O) groups excluding carboxylic acids is 1. The maximum absolute atomic E-state index is 12.3. The molecule has 24 heavy (non-hydrogen) atoms. The van der Waals surface area contributed by atoms with Gasteiger partial charge in [0, 0.05) is 0 Å². The Morgan fingerprint density at radius 3 is 2.42 bits per heavy atom. The fourth-order valence-corrected chi connectivity index (χ4v) is 2.38. The SMILES string of the molecule is Cc1ccc(COC(=O)Cn2[nH]c(=O)c3ccccc3c2=O)cc1. The minimum absolute atomic E-state index is 0.117. The number of H-pyrrole nitrogens is 1. The highest BCUT2D eigenvalue weighted by molar-refractivity contribution is 5.80. The summed E-state index contributed by atoms with van der Waals surface area (Å²) >= 11 is 0. The predicted molar refractivity (Wildman–Crippen MR) is 89.8 cm³/mol. The second-order valence-corrected chi connectivity index (χ2v) is 5.52. The normalized spacial score (nSPS) is 10.7. The van der Waals surface area contributed by atoms with Gasteiger partial charge in [-0.3, -0.25) is 19.5 Å². The van der Waals surface area contributed by atoms with E-state index in [9.17, 15) is 14.4 Å². The van der Waals surface area contributed by atoms with E-state index in [0.29, 0.717) is 5.39 Å². The Kier molecular flexibility index (Phi) is 4.29. The number of fused-ring (bicyclic) bond motifs is 1. The monoisotopic (exact) mass is 324 g/mol. The lowest BCUT2D eigenvalue weighted by Gasteiger charge is -2.08. The third-order valence-corrected chi connectivity index (χ3v) is 3.69. The summed E-state index contributed by atoms with van der Waals surface area (Å²) in [5.74, 6) is -0.594. The summed E-state index contributed by atoms with van der Waals surface area (Å²) in [6, 6.07) is 14.1. The van der Waals surface area contributed by atoms with E-state index in [1.54, 1.807) is 24.3 Å². The van der Waals surface area contributed by atoms with E-state index in [4.69, 9.17) is 4.74 Å². The maximum Gasteiger partial charge on any atom is 0.328 e. The fraction of sp³-hybridized carbons (Fsp3) is 0.167. The van der Waals surface area contributed by atoms with Gasteiger partial charge in [0.05, 0.1) is 10.8 Å². The van der Waals surface area contributed by atoms with Crippen molar-refractivity contribution in [3.8, 4) is 0 Å². The van der Waals surface area contributed by atoms with Gasteiger partial charge in [-0.25, -0.2) is 4.68 Å². The molecule has 0 bridgehead atoms. The number of nitrogens with one attached hydrogen (secondary N) is 1. The van der Waals surface area contributed by atoms with Gasteiger partial charge in [-0.15, -0.1) is 0 Å². The molecule has 0 atom stereocenters. The van der Waals surface area contributed by atoms with Crippen molar-refractivity contribution in [3.05, 3.63) is 80.4 Å². The van der Waals surface area contributed by atoms with Gasteiger partial charge in [0.15, 0.2) is 0 Å². The zero-order chi connectivity index (χ0) is 17.1. The van der Waals surface area contributed by atoms with Crippen LogP contribution in [0.4, 0.5) is 0 Å². The molecule has 0 saturated carbocycles. The van der Waals surface area contributed by atoms with Crippen LogP contribution in [0.25, 0.3) is 10.8 Å². The summed E-state index contributed by atoms with van der Waals surface area (Å²) in [5.41, 5.74) is 1.12. The zero-order valence-electron chi connectivity index (χ0n) is 13.1. The highest BCUT2D eigenvalue weighted by Crippen LogP contribution is 2.05. The lowest BCUT2D eigenvalue weighted by molar-refractivity contribution is -0.146. The van der Waals surface area contributed by atoms with Crippen molar-refractivity contribution < 1.29 is 9.53 Å². The third kappa shape index (κ3) is 3.27. The van der Waals surface area contributed by atoms with Crippen molar-refractivity contribution >= 4 is 16.7 Å². The number of nitrogens with zero attached hydrogens (tertiary/aromatic N) is 1. The molecule has 1 heterocycles. The first-order valence-electron chi connectivity index (χ1n) is 7.47. The predicted octanol–water partition coefficient (Wildman–Crippen LogP) is 1.74. The minimum Gasteiger partial charge on any atom is -0.459 e. The Balaban J connectivity index is 1.76. The van der Waals surface area contributed by atoms with Crippen molar-refractivity contribution in [2.45, 2.75) is 20.1 Å². The Morgan fingerprint density at radius 1 is 1.04 bits per heavy atom. The van der Waals surface area contributed by atoms with Gasteiger partial charge in [0.25, 0.3) is 11.1 Å². The number of aryl methyl sites for hydroxylation is 1. The van der Waals surface area contributed by atoms with Crippen LogP contribution in [0.3, 0.4) is 0 Å². The van der Waals surface area contributed by atoms with Gasteiger partial charge >= 0.3 is 5.97 Å². The molecule has 3 aromatic rings. The molecule has 0 aliphatic rings. The number of hydrogen-bond acceptors (Lipinski definition) is 4. The van der Waals surface area contributed by atoms with E-state index in [0.717, 1.165) is 15.8 Å². The van der Waals surface area contributed by atoms with Crippen molar-refractivity contribution in [1.29, 1.82) is 0 Å². The molecule has 6 heteroatoms. The van der Waals surface area contributed by atoms with E-state index >= 15 is 0 Å². The standard InChI is InChI=1S/C18H16N2O4/c1-12-6-8-13(9-7-12)11-24-16(21)10-20-18(23)15-5-3-2-4-14(15)17(22)19-20/h2-9H,10-11H2,1H3,(H,19,22). The largest absolute Gasteiger partial charge is 0.459 e. The highest BCUT2D eigenvalue weighted by Gasteiger charge is 2.11. The van der Waals surface area contributed by atoms with Crippen molar-refractivity contribution in [2.75, 3.05) is 0 Å². The molecule has 0 radical (unpaired) electrons. The Morgan fingerprint density at radius 2 is 1.71 bits per heavy atom. The van der Waals surface area contributed by atoms with Crippen LogP contribution in [0, 0.1) is 6.92 Å². The first-order chi connectivity index (χ1) is 11.5. The van der Waals surface area contributed by atoms with Crippen LogP contribution in [0.15, 0.2) is 58.1 Å². The molecule has 0 saturated heterocycles. The number of carbonyl (C=O) groups is 1. The van der Waals surface area contributed by atoms with Gasteiger partial charge < -0.3 is 4.74 Å². The number of ether oxygens (including phenoxy) is 1. The first-order valence-corrected chi connectivity index (χ1v) is 7.47. The van der Waals surface area contributed by atoms with E-state index < -0.39 is 17.1 Å². The van der Waals surface area contributed by atoms with Crippen molar-refractivity contribution in [3.63, 3.8) is 0 Å². The lowest BCUT2D eigenvalue weighted by atomic mass is 10.2. The lowest BCUT2D eigenvalue weighted by Crippen LogP contribution is -2.32. The van der Waals surface area contributed by atoms with Crippen LogP contribution in [0.5, 0.6) is 0 Å². The average Bonchev–Trinajstić information content (AvgIpc) is 2.59. The minimum atomic E-state index is -0.594. The number of aromatic nitrogens is 2. The van der Waals surface area contributed by atoms with Gasteiger partial charge in [0.1, 0.15) is 13.2 Å². The zero-order valence-corrected chi connectivity index (χ0v) is 13.1. The molecular weight excluding hydrogens is 308 g/mol. The average molecular weight is 324 g/mol. The molecular formula is C18H16N2O4. The molecule has 1 aromatic heterocycles. The molecule has 2 aromatic carbocycles. The second kappa shape index (κ2) is 6.54. The van der Waals surface area contributed by atoms with Crippen molar-refractivity contribution in [1.82, 2.24) is 9.78 Å². The molecule has 0 aliphatic carbocycles. The van der Waals surface area contributed by atoms with E-state index in [1.807, 2.05) is 31.2 Å². The summed E-state index contributed by atoms with van der Waals surface area (Å²) < 4.78 is 6.13. The number of hydrogen-bond donors (Lipinski definition) is 1. The van der Waals surface area contributed by atoms with E-state index in [2.05, 4.69) is 5.10 Å². The van der Waals surface area contributed by atoms with Gasteiger partial charge in [-0.05, 0) is 24.6 Å². The van der Waals surface area contributed by atoms with Crippen molar-refractivity contribution in [2.24, 2.45) is 0 Å². The molecule has 122 valence electrons. The summed E-state index contributed by atoms with van der Waals surface area (Å²) in [7, 11) is 0. The van der Waals surface area contributed by atoms with E-state index in [1.165, 1.54) is 0 Å². The number of benzene rings is 2. The maximum atomic E-state index is 12.3. The molecule has 0 aliphatic heterocycles. The Hall–Kier alpha value is -3.15. The van der Waals surface area contributed by atoms with Gasteiger partial charge in [0.2, 0.25) is 0 Å². The van der Waals surface area contributed by atoms with Crippen LogP contribution < -0.4 is 11.1 Å². The molecule has 6 nitrogen and oxygen atoms in total. The van der Waals surface area contributed by atoms with Crippen LogP contribution >= 0.6 is 0 Å². The molecule has 0 unspecified atom stereocenters. The molecule has 0 amide bonds. The first kappa shape index (κ1) is 15.7. The van der Waals surface area contributed by atoms with E-state index in [-0.39, 0.29) is 18.5 Å². The van der Waals surface area contributed by atoms with Crippen LogP contribution in [-0.2, 0) is 22.7 Å². The van der Waals surface area contributed by atoms with Crippen LogP contribution in [0.1, 0.15) is 11.1 Å². The molecule has 0 spiro atoms. The fourth-order valence-electron chi connectivity index (χ4n) is 2.38. The Bertz CT molecular complexity index is 1000. The van der Waals surface area contributed by atoms with Crippen LogP contribution in [0.2, 0.25) is 0 Å². The summed E-state index contributed by atoms with van der Waals surface area (Å²) in [4.78, 5) is 36.2. The topological polar surface area (TPSA) is 81.2 Å². The summed E-state index contributed by atoms with van der Waals surface area (Å²) in [6.07, 6.45) is 0. The molecule has 1 N–H and O–H groups in total.